The van der Waals surface area contributed by atoms with Crippen LogP contribution in [0, 0.1) is 0 Å². The van der Waals surface area contributed by atoms with E-state index in [4.69, 9.17) is 16.7 Å². The Balaban J connectivity index is 1.87. The van der Waals surface area contributed by atoms with Crippen molar-refractivity contribution in [2.45, 2.75) is 6.54 Å². The van der Waals surface area contributed by atoms with Crippen molar-refractivity contribution in [1.29, 1.82) is 0 Å². The Hall–Kier alpha value is -2.57. The van der Waals surface area contributed by atoms with Crippen molar-refractivity contribution in [1.82, 2.24) is 10.2 Å². The minimum absolute atomic E-state index is 0.0870. The fourth-order valence-electron chi connectivity index (χ4n) is 2.88. The average molecular weight is 374 g/mol. The first-order chi connectivity index (χ1) is 12.5. The lowest BCUT2D eigenvalue weighted by Crippen LogP contribution is -2.51. The number of carboxylic acid groups (broad SMARTS) is 1. The first-order valence-electron chi connectivity index (χ1n) is 8.39. The standard InChI is InChI=1S/C19H20ClN3O3/c20-16-2-1-3-17(12-16)23(19(26)22-10-8-21-9-11-22)13-14-4-6-15(7-5-14)18(24)25/h1-7,12,21H,8-11,13H2,(H,24,25). The molecule has 2 aromatic carbocycles. The summed E-state index contributed by atoms with van der Waals surface area (Å²) in [6.07, 6.45) is 0. The molecule has 1 aliphatic rings. The van der Waals surface area contributed by atoms with E-state index in [1.165, 1.54) is 0 Å². The van der Waals surface area contributed by atoms with E-state index >= 15 is 0 Å². The molecule has 0 radical (unpaired) electrons. The molecule has 1 aliphatic heterocycles. The van der Waals surface area contributed by atoms with Crippen molar-refractivity contribution >= 4 is 29.3 Å². The van der Waals surface area contributed by atoms with E-state index in [0.29, 0.717) is 30.3 Å². The number of rotatable bonds is 4. The molecule has 136 valence electrons. The molecule has 1 heterocycles. The molecule has 0 spiro atoms. The molecule has 2 amide bonds. The highest BCUT2D eigenvalue weighted by atomic mass is 35.5. The van der Waals surface area contributed by atoms with Crippen LogP contribution in [0.15, 0.2) is 48.5 Å². The summed E-state index contributed by atoms with van der Waals surface area (Å²) in [5, 5.41) is 12.8. The SMILES string of the molecule is O=C(O)c1ccc(CN(C(=O)N2CCNCC2)c2cccc(Cl)c2)cc1. The molecule has 7 heteroatoms. The van der Waals surface area contributed by atoms with Gasteiger partial charge in [-0.3, -0.25) is 4.90 Å². The minimum Gasteiger partial charge on any atom is -0.478 e. The topological polar surface area (TPSA) is 72.9 Å². The number of aromatic carboxylic acids is 1. The monoisotopic (exact) mass is 373 g/mol. The third-order valence-electron chi connectivity index (χ3n) is 4.28. The minimum atomic E-state index is -0.972. The molecule has 0 bridgehead atoms. The van der Waals surface area contributed by atoms with Crippen LogP contribution in [0.3, 0.4) is 0 Å². The predicted molar refractivity (Wildman–Crippen MR) is 101 cm³/mol. The van der Waals surface area contributed by atoms with E-state index in [9.17, 15) is 9.59 Å². The summed E-state index contributed by atoms with van der Waals surface area (Å²) >= 11 is 6.11. The second kappa shape index (κ2) is 8.21. The number of halogens is 1. The molecule has 0 unspecified atom stereocenters. The maximum atomic E-state index is 13.1. The lowest BCUT2D eigenvalue weighted by atomic mass is 10.1. The lowest BCUT2D eigenvalue weighted by Gasteiger charge is -2.33. The molecule has 0 saturated carbocycles. The number of hydrogen-bond donors (Lipinski definition) is 2. The van der Waals surface area contributed by atoms with E-state index in [2.05, 4.69) is 5.32 Å². The summed E-state index contributed by atoms with van der Waals surface area (Å²) in [7, 11) is 0. The first-order valence-corrected chi connectivity index (χ1v) is 8.77. The van der Waals surface area contributed by atoms with Crippen molar-refractivity contribution in [3.8, 4) is 0 Å². The zero-order valence-corrected chi connectivity index (χ0v) is 14.9. The zero-order chi connectivity index (χ0) is 18.5. The lowest BCUT2D eigenvalue weighted by molar-refractivity contribution is 0.0697. The van der Waals surface area contributed by atoms with Crippen molar-refractivity contribution in [3.63, 3.8) is 0 Å². The van der Waals surface area contributed by atoms with Gasteiger partial charge in [-0.25, -0.2) is 9.59 Å². The molecule has 26 heavy (non-hydrogen) atoms. The van der Waals surface area contributed by atoms with Crippen LogP contribution >= 0.6 is 11.6 Å². The van der Waals surface area contributed by atoms with Gasteiger partial charge in [-0.15, -0.1) is 0 Å². The van der Waals surface area contributed by atoms with Crippen molar-refractivity contribution in [2.24, 2.45) is 0 Å². The highest BCUT2D eigenvalue weighted by molar-refractivity contribution is 6.30. The Morgan fingerprint density at radius 1 is 1.12 bits per heavy atom. The molecular weight excluding hydrogens is 354 g/mol. The molecule has 1 saturated heterocycles. The van der Waals surface area contributed by atoms with E-state index in [-0.39, 0.29) is 11.6 Å². The molecular formula is C19H20ClN3O3. The van der Waals surface area contributed by atoms with Crippen LogP contribution < -0.4 is 10.2 Å². The predicted octanol–water partition coefficient (Wildman–Crippen LogP) is 3.07. The molecule has 0 aliphatic carbocycles. The van der Waals surface area contributed by atoms with Gasteiger partial charge in [0.05, 0.1) is 12.1 Å². The van der Waals surface area contributed by atoms with Crippen LogP contribution in [0.25, 0.3) is 0 Å². The van der Waals surface area contributed by atoms with Crippen LogP contribution in [0.2, 0.25) is 5.02 Å². The number of carboxylic acids is 1. The molecule has 6 nitrogen and oxygen atoms in total. The number of nitrogens with one attached hydrogen (secondary N) is 1. The summed E-state index contributed by atoms with van der Waals surface area (Å²) < 4.78 is 0. The highest BCUT2D eigenvalue weighted by Crippen LogP contribution is 2.23. The molecule has 0 atom stereocenters. The molecule has 0 aromatic heterocycles. The van der Waals surface area contributed by atoms with Gasteiger partial charge in [0.15, 0.2) is 0 Å². The fraction of sp³-hybridized carbons (Fsp3) is 0.263. The van der Waals surface area contributed by atoms with Gasteiger partial charge in [-0.05, 0) is 35.9 Å². The molecule has 2 N–H and O–H groups in total. The summed E-state index contributed by atoms with van der Waals surface area (Å²) in [5.74, 6) is -0.972. The van der Waals surface area contributed by atoms with Gasteiger partial charge in [0, 0.05) is 36.9 Å². The Morgan fingerprint density at radius 2 is 1.81 bits per heavy atom. The summed E-state index contributed by atoms with van der Waals surface area (Å²) in [6, 6.07) is 13.6. The number of piperazine rings is 1. The van der Waals surface area contributed by atoms with Crippen LogP contribution in [0.5, 0.6) is 0 Å². The van der Waals surface area contributed by atoms with Crippen molar-refractivity contribution < 1.29 is 14.7 Å². The van der Waals surface area contributed by atoms with Gasteiger partial charge in [0.25, 0.3) is 0 Å². The van der Waals surface area contributed by atoms with Gasteiger partial charge >= 0.3 is 12.0 Å². The molecule has 1 fully saturated rings. The van der Waals surface area contributed by atoms with Crippen molar-refractivity contribution in [3.05, 3.63) is 64.7 Å². The number of urea groups is 1. The Bertz CT molecular complexity index is 789. The van der Waals surface area contributed by atoms with Gasteiger partial charge in [-0.1, -0.05) is 29.8 Å². The molecule has 2 aromatic rings. The van der Waals surface area contributed by atoms with Crippen molar-refractivity contribution in [2.75, 3.05) is 31.1 Å². The third kappa shape index (κ3) is 4.33. The highest BCUT2D eigenvalue weighted by Gasteiger charge is 2.24. The van der Waals surface area contributed by atoms with Gasteiger partial charge in [0.1, 0.15) is 0 Å². The average Bonchev–Trinajstić information content (AvgIpc) is 2.66. The molecule has 3 rings (SSSR count). The summed E-state index contributed by atoms with van der Waals surface area (Å²) in [4.78, 5) is 27.6. The Kier molecular flexibility index (Phi) is 5.75. The Labute approximate surface area is 157 Å². The van der Waals surface area contributed by atoms with Gasteiger partial charge in [-0.2, -0.15) is 0 Å². The fourth-order valence-corrected chi connectivity index (χ4v) is 3.06. The summed E-state index contributed by atoms with van der Waals surface area (Å²) in [6.45, 7) is 3.16. The normalized spacial score (nSPS) is 14.1. The van der Waals surface area contributed by atoms with Gasteiger partial charge < -0.3 is 15.3 Å². The number of amides is 2. The second-order valence-corrected chi connectivity index (χ2v) is 6.52. The van der Waals surface area contributed by atoms with E-state index < -0.39 is 5.97 Å². The van der Waals surface area contributed by atoms with E-state index in [1.54, 1.807) is 41.3 Å². The maximum Gasteiger partial charge on any atom is 0.335 e. The zero-order valence-electron chi connectivity index (χ0n) is 14.2. The Morgan fingerprint density at radius 3 is 2.42 bits per heavy atom. The van der Waals surface area contributed by atoms with E-state index in [0.717, 1.165) is 18.7 Å². The number of hydrogen-bond acceptors (Lipinski definition) is 3. The smallest absolute Gasteiger partial charge is 0.335 e. The second-order valence-electron chi connectivity index (χ2n) is 6.09. The largest absolute Gasteiger partial charge is 0.478 e. The van der Waals surface area contributed by atoms with Crippen LogP contribution in [-0.2, 0) is 6.54 Å². The quantitative estimate of drug-likeness (QED) is 0.863. The van der Waals surface area contributed by atoms with E-state index in [1.807, 2.05) is 17.0 Å². The number of carbonyl (C=O) groups excluding carboxylic acids is 1. The maximum absolute atomic E-state index is 13.1. The third-order valence-corrected chi connectivity index (χ3v) is 4.51. The van der Waals surface area contributed by atoms with Crippen LogP contribution in [0.4, 0.5) is 10.5 Å². The van der Waals surface area contributed by atoms with Crippen LogP contribution in [0.1, 0.15) is 15.9 Å². The number of anilines is 1. The van der Waals surface area contributed by atoms with Gasteiger partial charge in [0.2, 0.25) is 0 Å². The summed E-state index contributed by atoms with van der Waals surface area (Å²) in [5.41, 5.74) is 1.78. The first kappa shape index (κ1) is 18.2. The number of carbonyl (C=O) groups is 2. The van der Waals surface area contributed by atoms with Crippen LogP contribution in [-0.4, -0.2) is 48.2 Å². The number of benzene rings is 2. The number of nitrogens with zero attached hydrogens (tertiary/aromatic N) is 2.